The van der Waals surface area contributed by atoms with E-state index < -0.39 is 11.7 Å². The molecule has 0 saturated heterocycles. The molecule has 6 nitrogen and oxygen atoms in total. The Morgan fingerprint density at radius 3 is 2.79 bits per heavy atom. The molecule has 0 bridgehead atoms. The molecule has 0 unspecified atom stereocenters. The van der Waals surface area contributed by atoms with Gasteiger partial charge in [0.1, 0.15) is 0 Å². The number of nitrogens with zero attached hydrogens (tertiary/aromatic N) is 1. The number of carbonyl (C=O) groups is 2. The molecule has 0 fully saturated rings. The normalized spacial score (nSPS) is 13.4. The summed E-state index contributed by atoms with van der Waals surface area (Å²) in [5.74, 6) is -1.11. The molecule has 1 heterocycles. The Kier molecular flexibility index (Phi) is 4.13. The number of ketones is 1. The van der Waals surface area contributed by atoms with E-state index in [2.05, 4.69) is 5.32 Å². The molecular formula is C13H16N2O4. The lowest BCUT2D eigenvalue weighted by Gasteiger charge is -2.24. The molecule has 1 amide bonds. The van der Waals surface area contributed by atoms with Gasteiger partial charge in [0.05, 0.1) is 24.5 Å². The summed E-state index contributed by atoms with van der Waals surface area (Å²) in [5.41, 5.74) is 1.75. The number of fused-ring (bicyclic) bond motifs is 1. The van der Waals surface area contributed by atoms with Gasteiger partial charge < -0.3 is 20.1 Å². The molecule has 0 saturated carbocycles. The summed E-state index contributed by atoms with van der Waals surface area (Å²) in [7, 11) is 1.61. The minimum atomic E-state index is -0.599. The highest BCUT2D eigenvalue weighted by molar-refractivity contribution is 6.51. The van der Waals surface area contributed by atoms with E-state index in [1.165, 1.54) is 0 Å². The fraction of sp³-hybridized carbons (Fsp3) is 0.385. The zero-order valence-corrected chi connectivity index (χ0v) is 10.7. The lowest BCUT2D eigenvalue weighted by Crippen LogP contribution is -2.30. The molecule has 1 aliphatic heterocycles. The molecule has 102 valence electrons. The zero-order chi connectivity index (χ0) is 13.8. The van der Waals surface area contributed by atoms with Crippen LogP contribution in [0.4, 0.5) is 11.4 Å². The van der Waals surface area contributed by atoms with Crippen LogP contribution in [0.15, 0.2) is 18.2 Å². The summed E-state index contributed by atoms with van der Waals surface area (Å²) in [5, 5.41) is 11.6. The standard InChI is InChI=1S/C13H16N2O4/c1-19-7-5-15(4-6-16)9-2-3-10-11(8-9)14-13(18)12(10)17/h2-3,8,16H,4-7H2,1H3,(H,14,17,18). The lowest BCUT2D eigenvalue weighted by atomic mass is 10.1. The third kappa shape index (κ3) is 2.74. The van der Waals surface area contributed by atoms with Gasteiger partial charge in [0.25, 0.3) is 11.7 Å². The minimum Gasteiger partial charge on any atom is -0.395 e. The van der Waals surface area contributed by atoms with Gasteiger partial charge in [-0.25, -0.2) is 0 Å². The first-order valence-electron chi connectivity index (χ1n) is 6.02. The number of carbonyl (C=O) groups excluding carboxylic acids is 2. The van der Waals surface area contributed by atoms with E-state index in [4.69, 9.17) is 9.84 Å². The average Bonchev–Trinajstić information content (AvgIpc) is 2.69. The quantitative estimate of drug-likeness (QED) is 0.721. The number of ether oxygens (including phenoxy) is 1. The van der Waals surface area contributed by atoms with Crippen LogP contribution in [0.5, 0.6) is 0 Å². The molecule has 19 heavy (non-hydrogen) atoms. The van der Waals surface area contributed by atoms with E-state index in [1.54, 1.807) is 25.3 Å². The fourth-order valence-corrected chi connectivity index (χ4v) is 2.02. The third-order valence-corrected chi connectivity index (χ3v) is 3.00. The smallest absolute Gasteiger partial charge is 0.296 e. The molecule has 2 rings (SSSR count). The Hall–Kier alpha value is -1.92. The van der Waals surface area contributed by atoms with Crippen LogP contribution in [0.1, 0.15) is 10.4 Å². The number of aliphatic hydroxyl groups is 1. The summed E-state index contributed by atoms with van der Waals surface area (Å²) in [6.45, 7) is 1.64. The maximum Gasteiger partial charge on any atom is 0.296 e. The summed E-state index contributed by atoms with van der Waals surface area (Å²) in [4.78, 5) is 24.7. The first kappa shape index (κ1) is 13.5. The van der Waals surface area contributed by atoms with Crippen molar-refractivity contribution in [1.29, 1.82) is 0 Å². The Labute approximate surface area is 111 Å². The summed E-state index contributed by atoms with van der Waals surface area (Å²) >= 11 is 0. The number of methoxy groups -OCH3 is 1. The van der Waals surface area contributed by atoms with Gasteiger partial charge >= 0.3 is 0 Å². The number of benzene rings is 1. The number of Topliss-reactive ketones (excluding diaryl/α,β-unsaturated/α-hetero) is 1. The van der Waals surface area contributed by atoms with Gasteiger partial charge in [-0.2, -0.15) is 0 Å². The van der Waals surface area contributed by atoms with Crippen LogP contribution in [0.2, 0.25) is 0 Å². The number of aliphatic hydroxyl groups excluding tert-OH is 1. The van der Waals surface area contributed by atoms with Gasteiger partial charge in [-0.05, 0) is 18.2 Å². The van der Waals surface area contributed by atoms with E-state index >= 15 is 0 Å². The second kappa shape index (κ2) is 5.81. The number of amides is 1. The molecular weight excluding hydrogens is 248 g/mol. The van der Waals surface area contributed by atoms with E-state index in [1.807, 2.05) is 4.90 Å². The molecule has 0 aliphatic carbocycles. The van der Waals surface area contributed by atoms with Crippen molar-refractivity contribution in [3.05, 3.63) is 23.8 Å². The van der Waals surface area contributed by atoms with Gasteiger partial charge in [0.15, 0.2) is 0 Å². The van der Waals surface area contributed by atoms with Crippen LogP contribution in [0.25, 0.3) is 0 Å². The SMILES string of the molecule is COCCN(CCO)c1ccc2c(c1)NC(=O)C2=O. The number of hydrogen-bond donors (Lipinski definition) is 2. The van der Waals surface area contributed by atoms with E-state index in [0.29, 0.717) is 30.9 Å². The average molecular weight is 264 g/mol. The monoisotopic (exact) mass is 264 g/mol. The van der Waals surface area contributed by atoms with Crippen LogP contribution in [-0.4, -0.2) is 50.2 Å². The van der Waals surface area contributed by atoms with Gasteiger partial charge in [0.2, 0.25) is 0 Å². The highest BCUT2D eigenvalue weighted by Gasteiger charge is 2.28. The molecule has 0 atom stereocenters. The third-order valence-electron chi connectivity index (χ3n) is 3.00. The van der Waals surface area contributed by atoms with Gasteiger partial charge in [0, 0.05) is 25.9 Å². The molecule has 0 spiro atoms. The van der Waals surface area contributed by atoms with Crippen molar-refractivity contribution in [2.24, 2.45) is 0 Å². The lowest BCUT2D eigenvalue weighted by molar-refractivity contribution is -0.112. The van der Waals surface area contributed by atoms with Gasteiger partial charge in [-0.3, -0.25) is 9.59 Å². The highest BCUT2D eigenvalue weighted by Crippen LogP contribution is 2.28. The first-order valence-corrected chi connectivity index (χ1v) is 6.02. The molecule has 1 aromatic carbocycles. The highest BCUT2D eigenvalue weighted by atomic mass is 16.5. The van der Waals surface area contributed by atoms with Crippen molar-refractivity contribution in [3.8, 4) is 0 Å². The molecule has 2 N–H and O–H groups in total. The Morgan fingerprint density at radius 2 is 2.11 bits per heavy atom. The van der Waals surface area contributed by atoms with Crippen molar-refractivity contribution in [1.82, 2.24) is 0 Å². The number of rotatable bonds is 6. The van der Waals surface area contributed by atoms with Crippen LogP contribution in [0.3, 0.4) is 0 Å². The molecule has 1 aliphatic rings. The molecule has 6 heteroatoms. The van der Waals surface area contributed by atoms with Crippen LogP contribution < -0.4 is 10.2 Å². The number of nitrogens with one attached hydrogen (secondary N) is 1. The predicted molar refractivity (Wildman–Crippen MR) is 70.6 cm³/mol. The van der Waals surface area contributed by atoms with Gasteiger partial charge in [-0.15, -0.1) is 0 Å². The maximum absolute atomic E-state index is 11.5. The molecule has 1 aromatic rings. The Bertz CT molecular complexity index is 501. The fourth-order valence-electron chi connectivity index (χ4n) is 2.02. The Balaban J connectivity index is 2.23. The van der Waals surface area contributed by atoms with Crippen molar-refractivity contribution >= 4 is 23.1 Å². The molecule has 0 aromatic heterocycles. The maximum atomic E-state index is 11.5. The molecule has 0 radical (unpaired) electrons. The van der Waals surface area contributed by atoms with E-state index in [9.17, 15) is 9.59 Å². The largest absolute Gasteiger partial charge is 0.395 e. The van der Waals surface area contributed by atoms with E-state index in [-0.39, 0.29) is 6.61 Å². The van der Waals surface area contributed by atoms with Crippen molar-refractivity contribution in [2.75, 3.05) is 43.6 Å². The summed E-state index contributed by atoms with van der Waals surface area (Å²) in [6, 6.07) is 5.13. The number of anilines is 2. The van der Waals surface area contributed by atoms with Crippen LogP contribution in [0, 0.1) is 0 Å². The van der Waals surface area contributed by atoms with Crippen molar-refractivity contribution < 1.29 is 19.4 Å². The summed E-state index contributed by atoms with van der Waals surface area (Å²) in [6.07, 6.45) is 0. The predicted octanol–water partition coefficient (Wildman–Crippen LogP) is 0.266. The van der Waals surface area contributed by atoms with Gasteiger partial charge in [-0.1, -0.05) is 0 Å². The second-order valence-corrected chi connectivity index (χ2v) is 4.22. The first-order chi connectivity index (χ1) is 9.17. The van der Waals surface area contributed by atoms with Crippen molar-refractivity contribution in [2.45, 2.75) is 0 Å². The van der Waals surface area contributed by atoms with Crippen LogP contribution in [-0.2, 0) is 9.53 Å². The van der Waals surface area contributed by atoms with Crippen molar-refractivity contribution in [3.63, 3.8) is 0 Å². The van der Waals surface area contributed by atoms with Crippen LogP contribution >= 0.6 is 0 Å². The van der Waals surface area contributed by atoms with E-state index in [0.717, 1.165) is 5.69 Å². The number of hydrogen-bond acceptors (Lipinski definition) is 5. The minimum absolute atomic E-state index is 0.0199. The Morgan fingerprint density at radius 1 is 1.32 bits per heavy atom. The summed E-state index contributed by atoms with van der Waals surface area (Å²) < 4.78 is 5.02. The topological polar surface area (TPSA) is 78.9 Å². The second-order valence-electron chi connectivity index (χ2n) is 4.22. The zero-order valence-electron chi connectivity index (χ0n) is 10.7.